The summed E-state index contributed by atoms with van der Waals surface area (Å²) in [6.45, 7) is 4.22. The summed E-state index contributed by atoms with van der Waals surface area (Å²) in [7, 11) is -0.858. The van der Waals surface area contributed by atoms with Crippen molar-refractivity contribution in [2.24, 2.45) is 0 Å². The van der Waals surface area contributed by atoms with E-state index in [0.717, 1.165) is 18.6 Å². The number of rotatable bonds is 6. The molecule has 6 nitrogen and oxygen atoms in total. The van der Waals surface area contributed by atoms with Gasteiger partial charge in [-0.05, 0) is 26.2 Å². The highest BCUT2D eigenvalue weighted by atomic mass is 32.2. The van der Waals surface area contributed by atoms with E-state index in [1.165, 1.54) is 0 Å². The lowest BCUT2D eigenvalue weighted by molar-refractivity contribution is 0.252. The summed E-state index contributed by atoms with van der Waals surface area (Å²) in [4.78, 5) is 11.8. The van der Waals surface area contributed by atoms with Gasteiger partial charge >= 0.3 is 6.03 Å². The largest absolute Gasteiger partial charge is 0.359 e. The van der Waals surface area contributed by atoms with Crippen molar-refractivity contribution in [1.29, 1.82) is 0 Å². The number of anilines is 1. The highest BCUT2D eigenvalue weighted by Crippen LogP contribution is 2.44. The molecular formula is C13H21N3O3S. The lowest BCUT2D eigenvalue weighted by atomic mass is 10.2. The number of amides is 2. The lowest BCUT2D eigenvalue weighted by Crippen LogP contribution is -2.31. The Morgan fingerprint density at radius 1 is 1.55 bits per heavy atom. The van der Waals surface area contributed by atoms with Crippen LogP contribution in [0.3, 0.4) is 0 Å². The third-order valence-electron chi connectivity index (χ3n) is 3.48. The zero-order valence-electron chi connectivity index (χ0n) is 12.1. The van der Waals surface area contributed by atoms with Crippen LogP contribution in [-0.4, -0.2) is 33.4 Å². The van der Waals surface area contributed by atoms with Gasteiger partial charge in [0.1, 0.15) is 11.4 Å². The van der Waals surface area contributed by atoms with Crippen LogP contribution in [0.2, 0.25) is 0 Å². The number of nitrogens with zero attached hydrogens (tertiary/aromatic N) is 1. The fourth-order valence-corrected chi connectivity index (χ4v) is 2.33. The monoisotopic (exact) mass is 299 g/mol. The maximum Gasteiger partial charge on any atom is 0.319 e. The van der Waals surface area contributed by atoms with Crippen LogP contribution >= 0.6 is 0 Å². The van der Waals surface area contributed by atoms with Gasteiger partial charge in [0.2, 0.25) is 0 Å². The van der Waals surface area contributed by atoms with E-state index >= 15 is 0 Å². The molecule has 20 heavy (non-hydrogen) atoms. The molecule has 1 aliphatic carbocycles. The summed E-state index contributed by atoms with van der Waals surface area (Å²) < 4.78 is 16.5. The van der Waals surface area contributed by atoms with E-state index in [2.05, 4.69) is 15.8 Å². The average molecular weight is 299 g/mol. The number of aromatic nitrogens is 1. The molecule has 2 atom stereocenters. The second kappa shape index (κ2) is 6.39. The second-order valence-corrected chi connectivity index (χ2v) is 7.06. The van der Waals surface area contributed by atoms with E-state index in [4.69, 9.17) is 4.52 Å². The molecule has 2 rings (SSSR count). The predicted molar refractivity (Wildman–Crippen MR) is 78.4 cm³/mol. The van der Waals surface area contributed by atoms with Crippen molar-refractivity contribution < 1.29 is 13.5 Å². The maximum absolute atomic E-state index is 11.8. The van der Waals surface area contributed by atoms with Crippen molar-refractivity contribution in [3.63, 3.8) is 0 Å². The molecule has 0 spiro atoms. The van der Waals surface area contributed by atoms with Crippen molar-refractivity contribution in [2.75, 3.05) is 18.1 Å². The van der Waals surface area contributed by atoms with Crippen molar-refractivity contribution in [3.05, 3.63) is 11.5 Å². The summed E-state index contributed by atoms with van der Waals surface area (Å²) in [5.74, 6) is 1.18. The third-order valence-corrected chi connectivity index (χ3v) is 4.85. The zero-order valence-corrected chi connectivity index (χ0v) is 12.9. The van der Waals surface area contributed by atoms with E-state index < -0.39 is 10.8 Å². The van der Waals surface area contributed by atoms with Gasteiger partial charge in [-0.2, -0.15) is 0 Å². The van der Waals surface area contributed by atoms with Crippen LogP contribution < -0.4 is 10.6 Å². The Morgan fingerprint density at radius 2 is 2.25 bits per heavy atom. The van der Waals surface area contributed by atoms with Crippen LogP contribution in [0.5, 0.6) is 0 Å². The summed E-state index contributed by atoms with van der Waals surface area (Å²) in [6, 6.07) is -0.271. The molecule has 7 heteroatoms. The molecule has 2 amide bonds. The normalized spacial score (nSPS) is 17.6. The smallest absolute Gasteiger partial charge is 0.319 e. The van der Waals surface area contributed by atoms with Gasteiger partial charge in [-0.1, -0.05) is 12.1 Å². The van der Waals surface area contributed by atoms with E-state index in [-0.39, 0.29) is 11.3 Å². The molecule has 2 N–H and O–H groups in total. The van der Waals surface area contributed by atoms with Gasteiger partial charge in [-0.25, -0.2) is 4.79 Å². The Kier molecular flexibility index (Phi) is 4.80. The lowest BCUT2D eigenvalue weighted by Gasteiger charge is -2.10. The standard InChI is InChI=1S/C13H21N3O3S/c1-8(20(3)18)6-7-14-13(17)15-11-9(2)16-19-12(11)10-4-5-10/h8,10H,4-7H2,1-3H3,(H2,14,15,17). The number of carbonyl (C=O) groups is 1. The molecule has 1 aromatic heterocycles. The molecule has 1 aliphatic rings. The number of hydrogen-bond acceptors (Lipinski definition) is 4. The molecule has 1 aromatic rings. The maximum atomic E-state index is 11.8. The third kappa shape index (κ3) is 3.82. The van der Waals surface area contributed by atoms with Crippen LogP contribution in [0, 0.1) is 6.92 Å². The van der Waals surface area contributed by atoms with Crippen LogP contribution in [-0.2, 0) is 10.8 Å². The number of nitrogens with one attached hydrogen (secondary N) is 2. The number of aryl methyl sites for hydroxylation is 1. The molecule has 1 heterocycles. The van der Waals surface area contributed by atoms with E-state index in [1.807, 2.05) is 13.8 Å². The first-order chi connectivity index (χ1) is 9.49. The van der Waals surface area contributed by atoms with Crippen molar-refractivity contribution in [2.45, 2.75) is 44.3 Å². The zero-order chi connectivity index (χ0) is 14.7. The summed E-state index contributed by atoms with van der Waals surface area (Å²) in [5.41, 5.74) is 1.39. The van der Waals surface area contributed by atoms with Gasteiger partial charge in [0.05, 0.1) is 0 Å². The van der Waals surface area contributed by atoms with Crippen molar-refractivity contribution >= 4 is 22.5 Å². The van der Waals surface area contributed by atoms with E-state index in [9.17, 15) is 9.00 Å². The van der Waals surface area contributed by atoms with Crippen LogP contribution in [0.4, 0.5) is 10.5 Å². The Balaban J connectivity index is 1.82. The Labute approximate surface area is 121 Å². The molecule has 1 saturated carbocycles. The first-order valence-electron chi connectivity index (χ1n) is 6.82. The fourth-order valence-electron chi connectivity index (χ4n) is 1.88. The van der Waals surface area contributed by atoms with Crippen molar-refractivity contribution in [1.82, 2.24) is 10.5 Å². The molecule has 2 unspecified atom stereocenters. The fraction of sp³-hybridized carbons (Fsp3) is 0.692. The minimum atomic E-state index is -0.858. The molecule has 112 valence electrons. The highest BCUT2D eigenvalue weighted by molar-refractivity contribution is 7.84. The van der Waals surface area contributed by atoms with Crippen LogP contribution in [0.1, 0.15) is 43.6 Å². The molecule has 0 saturated heterocycles. The molecule has 0 radical (unpaired) electrons. The Hall–Kier alpha value is -1.37. The quantitative estimate of drug-likeness (QED) is 0.843. The minimum Gasteiger partial charge on any atom is -0.359 e. The molecule has 0 aliphatic heterocycles. The Morgan fingerprint density at radius 3 is 2.85 bits per heavy atom. The summed E-state index contributed by atoms with van der Waals surface area (Å²) >= 11 is 0. The average Bonchev–Trinajstić information content (AvgIpc) is 3.16. The van der Waals surface area contributed by atoms with E-state index in [1.54, 1.807) is 6.26 Å². The van der Waals surface area contributed by atoms with Gasteiger partial charge in [-0.3, -0.25) is 4.21 Å². The summed E-state index contributed by atoms with van der Waals surface area (Å²) in [6.07, 6.45) is 4.54. The van der Waals surface area contributed by atoms with Gasteiger partial charge in [-0.15, -0.1) is 0 Å². The van der Waals surface area contributed by atoms with Crippen LogP contribution in [0.15, 0.2) is 4.52 Å². The topological polar surface area (TPSA) is 84.2 Å². The van der Waals surface area contributed by atoms with Gasteiger partial charge in [0.15, 0.2) is 5.76 Å². The minimum absolute atomic E-state index is 0.0784. The van der Waals surface area contributed by atoms with Crippen LogP contribution in [0.25, 0.3) is 0 Å². The van der Waals surface area contributed by atoms with Gasteiger partial charge < -0.3 is 15.2 Å². The number of urea groups is 1. The Bertz CT molecular complexity index is 511. The van der Waals surface area contributed by atoms with Crippen molar-refractivity contribution in [3.8, 4) is 0 Å². The molecule has 0 aromatic carbocycles. The first kappa shape index (κ1) is 15.0. The molecule has 1 fully saturated rings. The van der Waals surface area contributed by atoms with Gasteiger partial charge in [0.25, 0.3) is 0 Å². The highest BCUT2D eigenvalue weighted by Gasteiger charge is 2.32. The molecular weight excluding hydrogens is 278 g/mol. The van der Waals surface area contributed by atoms with E-state index in [0.29, 0.717) is 30.3 Å². The summed E-state index contributed by atoms with van der Waals surface area (Å²) in [5, 5.41) is 9.55. The SMILES string of the molecule is Cc1noc(C2CC2)c1NC(=O)NCCC(C)S(C)=O. The number of hydrogen-bond donors (Lipinski definition) is 2. The number of carbonyl (C=O) groups excluding carboxylic acids is 1. The predicted octanol–water partition coefficient (Wildman–Crippen LogP) is 2.14. The van der Waals surface area contributed by atoms with Gasteiger partial charge in [0, 0.05) is 34.8 Å². The molecule has 0 bridgehead atoms. The first-order valence-corrected chi connectivity index (χ1v) is 8.44. The second-order valence-electron chi connectivity index (χ2n) is 5.26.